The largest absolute Gasteiger partial charge is 0.315 e. The molecular weight excluding hydrogens is 212 g/mol. The van der Waals surface area contributed by atoms with Gasteiger partial charge in [0.15, 0.2) is 0 Å². The molecule has 0 aromatic rings. The minimum atomic E-state index is -3.05. The zero-order chi connectivity index (χ0) is 11.1. The minimum Gasteiger partial charge on any atom is -0.315 e. The van der Waals surface area contributed by atoms with Crippen molar-refractivity contribution in [3.05, 3.63) is 0 Å². The first-order valence-electron chi connectivity index (χ1n) is 5.75. The van der Waals surface area contributed by atoms with Crippen molar-refractivity contribution in [3.63, 3.8) is 0 Å². The Morgan fingerprint density at radius 3 is 2.73 bits per heavy atom. The Morgan fingerprint density at radius 2 is 2.07 bits per heavy atom. The van der Waals surface area contributed by atoms with Gasteiger partial charge >= 0.3 is 0 Å². The van der Waals surface area contributed by atoms with Crippen molar-refractivity contribution in [2.45, 2.75) is 38.0 Å². The van der Waals surface area contributed by atoms with Gasteiger partial charge in [-0.3, -0.25) is 0 Å². The second-order valence-corrected chi connectivity index (χ2v) is 7.26. The smallest absolute Gasteiger partial charge is 0.216 e. The van der Waals surface area contributed by atoms with Gasteiger partial charge in [0, 0.05) is 19.1 Å². The van der Waals surface area contributed by atoms with E-state index < -0.39 is 10.0 Å². The van der Waals surface area contributed by atoms with Crippen molar-refractivity contribution in [1.29, 1.82) is 0 Å². The lowest BCUT2D eigenvalue weighted by atomic mass is 9.94. The lowest BCUT2D eigenvalue weighted by molar-refractivity contribution is 0.274. The molecule has 0 aliphatic carbocycles. The van der Waals surface area contributed by atoms with Crippen molar-refractivity contribution < 1.29 is 8.42 Å². The van der Waals surface area contributed by atoms with Crippen molar-refractivity contribution in [2.24, 2.45) is 5.92 Å². The van der Waals surface area contributed by atoms with E-state index in [0.717, 1.165) is 32.5 Å². The maximum Gasteiger partial charge on any atom is 0.216 e. The molecular formula is C10H20N2O2S. The fourth-order valence-electron chi connectivity index (χ4n) is 2.62. The van der Waals surface area contributed by atoms with Crippen molar-refractivity contribution in [2.75, 3.05) is 19.6 Å². The minimum absolute atomic E-state index is 0.214. The molecule has 0 aromatic heterocycles. The van der Waals surface area contributed by atoms with E-state index in [1.54, 1.807) is 18.2 Å². The summed E-state index contributed by atoms with van der Waals surface area (Å²) in [5.41, 5.74) is 0. The molecule has 2 atom stereocenters. The molecule has 0 saturated carbocycles. The molecule has 2 aliphatic rings. The first-order valence-corrected chi connectivity index (χ1v) is 7.25. The van der Waals surface area contributed by atoms with Gasteiger partial charge in [0.1, 0.15) is 0 Å². The van der Waals surface area contributed by atoms with Crippen LogP contribution in [0, 0.1) is 5.92 Å². The third-order valence-corrected chi connectivity index (χ3v) is 5.90. The predicted octanol–water partition coefficient (Wildman–Crippen LogP) is 0.408. The molecule has 88 valence electrons. The number of fused-ring (bicyclic) bond motifs is 1. The summed E-state index contributed by atoms with van der Waals surface area (Å²) < 4.78 is 25.9. The molecule has 0 bridgehead atoms. The highest BCUT2D eigenvalue weighted by atomic mass is 32.2. The molecule has 0 aromatic carbocycles. The summed E-state index contributed by atoms with van der Waals surface area (Å²) in [6, 6.07) is 0.214. The molecule has 2 fully saturated rings. The van der Waals surface area contributed by atoms with Gasteiger partial charge in [-0.2, -0.15) is 4.31 Å². The van der Waals surface area contributed by atoms with Crippen LogP contribution in [-0.2, 0) is 10.0 Å². The highest BCUT2D eigenvalue weighted by Crippen LogP contribution is 2.32. The van der Waals surface area contributed by atoms with Crippen molar-refractivity contribution in [3.8, 4) is 0 Å². The summed E-state index contributed by atoms with van der Waals surface area (Å²) in [6.45, 7) is 6.11. The van der Waals surface area contributed by atoms with Gasteiger partial charge < -0.3 is 5.32 Å². The number of sulfonamides is 1. The van der Waals surface area contributed by atoms with Gasteiger partial charge in [0.25, 0.3) is 0 Å². The van der Waals surface area contributed by atoms with Crippen LogP contribution in [0.15, 0.2) is 0 Å². The quantitative estimate of drug-likeness (QED) is 0.750. The van der Waals surface area contributed by atoms with Crippen LogP contribution in [0.1, 0.15) is 26.7 Å². The van der Waals surface area contributed by atoms with E-state index >= 15 is 0 Å². The molecule has 4 nitrogen and oxygen atoms in total. The molecule has 0 unspecified atom stereocenters. The summed E-state index contributed by atoms with van der Waals surface area (Å²) in [4.78, 5) is 0. The number of nitrogens with zero attached hydrogens (tertiary/aromatic N) is 1. The molecule has 1 N–H and O–H groups in total. The lowest BCUT2D eigenvalue weighted by Crippen LogP contribution is -2.49. The van der Waals surface area contributed by atoms with Gasteiger partial charge in [-0.15, -0.1) is 0 Å². The number of hydrogen-bond acceptors (Lipinski definition) is 3. The predicted molar refractivity (Wildman–Crippen MR) is 60.1 cm³/mol. The monoisotopic (exact) mass is 232 g/mol. The van der Waals surface area contributed by atoms with Crippen LogP contribution >= 0.6 is 0 Å². The molecule has 5 heteroatoms. The highest BCUT2D eigenvalue weighted by Gasteiger charge is 2.42. The SMILES string of the molecule is CC(C)S(=O)(=O)N1CC[C@@H]2CCNC[C@@H]21. The third-order valence-electron chi connectivity index (χ3n) is 3.60. The second kappa shape index (κ2) is 4.03. The maximum absolute atomic E-state index is 12.1. The Kier molecular flexibility index (Phi) is 3.05. The molecule has 15 heavy (non-hydrogen) atoms. The summed E-state index contributed by atoms with van der Waals surface area (Å²) in [6.07, 6.45) is 2.16. The Hall–Kier alpha value is -0.130. The van der Waals surface area contributed by atoms with E-state index in [9.17, 15) is 8.42 Å². The van der Waals surface area contributed by atoms with Crippen LogP contribution in [0.5, 0.6) is 0 Å². The average Bonchev–Trinajstić information content (AvgIpc) is 2.61. The number of nitrogens with one attached hydrogen (secondary N) is 1. The zero-order valence-corrected chi connectivity index (χ0v) is 10.3. The second-order valence-electron chi connectivity index (χ2n) is 4.81. The van der Waals surface area contributed by atoms with Crippen molar-refractivity contribution >= 4 is 10.0 Å². The Morgan fingerprint density at radius 1 is 1.33 bits per heavy atom. The summed E-state index contributed by atoms with van der Waals surface area (Å²) >= 11 is 0. The summed E-state index contributed by atoms with van der Waals surface area (Å²) in [7, 11) is -3.05. The molecule has 0 radical (unpaired) electrons. The fourth-order valence-corrected chi connectivity index (χ4v) is 4.14. The topological polar surface area (TPSA) is 49.4 Å². The van der Waals surface area contributed by atoms with Crippen LogP contribution in [0.4, 0.5) is 0 Å². The highest BCUT2D eigenvalue weighted by molar-refractivity contribution is 7.89. The maximum atomic E-state index is 12.1. The third kappa shape index (κ3) is 1.92. The normalized spacial score (nSPS) is 33.3. The Balaban J connectivity index is 2.18. The molecule has 2 heterocycles. The van der Waals surface area contributed by atoms with E-state index in [4.69, 9.17) is 0 Å². The lowest BCUT2D eigenvalue weighted by Gasteiger charge is -2.32. The van der Waals surface area contributed by atoms with E-state index in [1.807, 2.05) is 0 Å². The van der Waals surface area contributed by atoms with Crippen molar-refractivity contribution in [1.82, 2.24) is 9.62 Å². The van der Waals surface area contributed by atoms with Gasteiger partial charge in [0.05, 0.1) is 5.25 Å². The van der Waals surface area contributed by atoms with Crippen LogP contribution in [-0.4, -0.2) is 43.6 Å². The number of rotatable bonds is 2. The number of hydrogen-bond donors (Lipinski definition) is 1. The van der Waals surface area contributed by atoms with Crippen LogP contribution in [0.25, 0.3) is 0 Å². The first-order chi connectivity index (χ1) is 7.03. The number of piperidine rings is 1. The van der Waals surface area contributed by atoms with E-state index in [1.165, 1.54) is 0 Å². The van der Waals surface area contributed by atoms with E-state index in [-0.39, 0.29) is 11.3 Å². The van der Waals surface area contributed by atoms with Crippen LogP contribution in [0.3, 0.4) is 0 Å². The van der Waals surface area contributed by atoms with Gasteiger partial charge in [-0.05, 0) is 39.2 Å². The molecule has 2 saturated heterocycles. The fraction of sp³-hybridized carbons (Fsp3) is 1.00. The van der Waals surface area contributed by atoms with Crippen LogP contribution < -0.4 is 5.32 Å². The zero-order valence-electron chi connectivity index (χ0n) is 9.44. The van der Waals surface area contributed by atoms with Gasteiger partial charge in [-0.1, -0.05) is 0 Å². The molecule has 0 spiro atoms. The standard InChI is InChI=1S/C10H20N2O2S/c1-8(2)15(13,14)12-6-4-9-3-5-11-7-10(9)12/h8-11H,3-7H2,1-2H3/t9-,10-/m0/s1. The molecule has 0 amide bonds. The van der Waals surface area contributed by atoms with Gasteiger partial charge in [0.2, 0.25) is 10.0 Å². The average molecular weight is 232 g/mol. The summed E-state index contributed by atoms with van der Waals surface area (Å²) in [5, 5.41) is 3.00. The Bertz CT molecular complexity index is 326. The molecule has 2 aliphatic heterocycles. The summed E-state index contributed by atoms with van der Waals surface area (Å²) in [5.74, 6) is 0.583. The van der Waals surface area contributed by atoms with Gasteiger partial charge in [-0.25, -0.2) is 8.42 Å². The first kappa shape index (κ1) is 11.4. The van der Waals surface area contributed by atoms with E-state index in [0.29, 0.717) is 5.92 Å². The van der Waals surface area contributed by atoms with E-state index in [2.05, 4.69) is 5.32 Å². The Labute approximate surface area is 92.1 Å². The molecule has 2 rings (SSSR count). The van der Waals surface area contributed by atoms with Crippen LogP contribution in [0.2, 0.25) is 0 Å².